The fraction of sp³-hybridized carbons (Fsp3) is 0.273. The first kappa shape index (κ1) is 18.1. The second kappa shape index (κ2) is 7.79. The van der Waals surface area contributed by atoms with Crippen molar-refractivity contribution in [3.8, 4) is 0 Å². The van der Waals surface area contributed by atoms with E-state index >= 15 is 0 Å². The van der Waals surface area contributed by atoms with Gasteiger partial charge in [-0.15, -0.1) is 22.7 Å². The molecule has 1 aliphatic rings. The van der Waals surface area contributed by atoms with E-state index in [-0.39, 0.29) is 17.1 Å². The molecule has 0 aliphatic heterocycles. The van der Waals surface area contributed by atoms with Crippen LogP contribution in [0.25, 0.3) is 0 Å². The lowest BCUT2D eigenvalue weighted by atomic mass is 9.83. The van der Waals surface area contributed by atoms with Gasteiger partial charge in [0.05, 0.1) is 16.8 Å². The minimum atomic E-state index is -0.367. The number of thiophene rings is 2. The standard InChI is InChI=1S/C22H21NO2S2/c24-20(16-7-2-1-3-8-16)18-11-10-17(27-18)15-23-21(25)22(12-4-5-13-22)19-9-6-14-26-19/h1-3,6-11,14H,4-5,12-13,15H2,(H,23,25). The van der Waals surface area contributed by atoms with Crippen LogP contribution in [0.1, 0.15) is 50.7 Å². The summed E-state index contributed by atoms with van der Waals surface area (Å²) >= 11 is 3.13. The summed E-state index contributed by atoms with van der Waals surface area (Å²) in [6, 6.07) is 17.2. The average Bonchev–Trinajstić information content (AvgIpc) is 3.47. The van der Waals surface area contributed by atoms with Gasteiger partial charge in [-0.2, -0.15) is 0 Å². The largest absolute Gasteiger partial charge is 0.350 e. The lowest BCUT2D eigenvalue weighted by Gasteiger charge is -2.26. The van der Waals surface area contributed by atoms with Gasteiger partial charge in [0, 0.05) is 15.3 Å². The van der Waals surface area contributed by atoms with Crippen molar-refractivity contribution in [3.05, 3.63) is 80.2 Å². The van der Waals surface area contributed by atoms with Crippen LogP contribution in [0.3, 0.4) is 0 Å². The fourth-order valence-electron chi connectivity index (χ4n) is 3.78. The first-order valence-corrected chi connectivity index (χ1v) is 10.9. The van der Waals surface area contributed by atoms with Crippen molar-refractivity contribution in [1.29, 1.82) is 0 Å². The van der Waals surface area contributed by atoms with Crippen molar-refractivity contribution in [1.82, 2.24) is 5.32 Å². The predicted molar refractivity (Wildman–Crippen MR) is 111 cm³/mol. The van der Waals surface area contributed by atoms with Crippen LogP contribution in [-0.2, 0) is 16.8 Å². The lowest BCUT2D eigenvalue weighted by Crippen LogP contribution is -2.41. The molecule has 0 atom stereocenters. The Kier molecular flexibility index (Phi) is 5.23. The monoisotopic (exact) mass is 395 g/mol. The van der Waals surface area contributed by atoms with Crippen molar-refractivity contribution < 1.29 is 9.59 Å². The maximum absolute atomic E-state index is 13.0. The van der Waals surface area contributed by atoms with Crippen molar-refractivity contribution in [2.24, 2.45) is 0 Å². The zero-order valence-electron chi connectivity index (χ0n) is 14.9. The van der Waals surface area contributed by atoms with Gasteiger partial charge in [0.2, 0.25) is 11.7 Å². The molecule has 138 valence electrons. The van der Waals surface area contributed by atoms with E-state index in [0.29, 0.717) is 17.0 Å². The molecule has 4 rings (SSSR count). The Morgan fingerprint density at radius 2 is 1.74 bits per heavy atom. The minimum absolute atomic E-state index is 0.0315. The van der Waals surface area contributed by atoms with Crippen LogP contribution in [0.4, 0.5) is 0 Å². The maximum Gasteiger partial charge on any atom is 0.231 e. The molecule has 0 radical (unpaired) electrons. The highest BCUT2D eigenvalue weighted by molar-refractivity contribution is 7.14. The number of hydrogen-bond donors (Lipinski definition) is 1. The minimum Gasteiger partial charge on any atom is -0.350 e. The quantitative estimate of drug-likeness (QED) is 0.585. The molecular formula is C22H21NO2S2. The summed E-state index contributed by atoms with van der Waals surface area (Å²) < 4.78 is 0. The third-order valence-corrected chi connectivity index (χ3v) is 7.39. The van der Waals surface area contributed by atoms with Gasteiger partial charge in [0.25, 0.3) is 0 Å². The Labute approximate surface area is 167 Å². The summed E-state index contributed by atoms with van der Waals surface area (Å²) in [5.74, 6) is 0.149. The SMILES string of the molecule is O=C(c1ccccc1)c1ccc(CNC(=O)C2(c3cccs3)CCCC2)s1. The molecule has 1 amide bonds. The third-order valence-electron chi connectivity index (χ3n) is 5.23. The highest BCUT2D eigenvalue weighted by Crippen LogP contribution is 2.43. The Balaban J connectivity index is 1.44. The van der Waals surface area contributed by atoms with Gasteiger partial charge in [-0.1, -0.05) is 49.2 Å². The lowest BCUT2D eigenvalue weighted by molar-refractivity contribution is -0.126. The molecule has 0 bridgehead atoms. The number of benzene rings is 1. The van der Waals surface area contributed by atoms with Crippen LogP contribution in [0.5, 0.6) is 0 Å². The van der Waals surface area contributed by atoms with Gasteiger partial charge >= 0.3 is 0 Å². The summed E-state index contributed by atoms with van der Waals surface area (Å²) in [4.78, 5) is 28.5. The predicted octanol–water partition coefficient (Wildman–Crippen LogP) is 5.17. The van der Waals surface area contributed by atoms with E-state index in [2.05, 4.69) is 11.4 Å². The molecular weight excluding hydrogens is 374 g/mol. The smallest absolute Gasteiger partial charge is 0.231 e. The number of rotatable bonds is 6. The number of amides is 1. The van der Waals surface area contributed by atoms with Crippen molar-refractivity contribution in [2.45, 2.75) is 37.6 Å². The molecule has 1 fully saturated rings. The Hall–Kier alpha value is -2.24. The zero-order valence-corrected chi connectivity index (χ0v) is 16.6. The molecule has 1 aliphatic carbocycles. The van der Waals surface area contributed by atoms with Gasteiger partial charge in [-0.3, -0.25) is 9.59 Å². The van der Waals surface area contributed by atoms with E-state index in [9.17, 15) is 9.59 Å². The molecule has 2 heterocycles. The summed E-state index contributed by atoms with van der Waals surface area (Å²) in [6.07, 6.45) is 4.03. The average molecular weight is 396 g/mol. The number of ketones is 1. The van der Waals surface area contributed by atoms with Gasteiger partial charge in [-0.05, 0) is 36.4 Å². The molecule has 2 aromatic heterocycles. The molecule has 0 spiro atoms. The molecule has 1 aromatic carbocycles. The van der Waals surface area contributed by atoms with E-state index in [1.54, 1.807) is 11.3 Å². The molecule has 1 N–H and O–H groups in total. The Bertz CT molecular complexity index is 922. The van der Waals surface area contributed by atoms with Crippen LogP contribution in [-0.4, -0.2) is 11.7 Å². The maximum atomic E-state index is 13.0. The van der Waals surface area contributed by atoms with Crippen LogP contribution < -0.4 is 5.32 Å². The Morgan fingerprint density at radius 1 is 0.963 bits per heavy atom. The fourth-order valence-corrected chi connectivity index (χ4v) is 5.67. The van der Waals surface area contributed by atoms with Crippen LogP contribution in [0.15, 0.2) is 60.0 Å². The van der Waals surface area contributed by atoms with E-state index in [1.807, 2.05) is 53.9 Å². The summed E-state index contributed by atoms with van der Waals surface area (Å²) in [6.45, 7) is 0.471. The van der Waals surface area contributed by atoms with Gasteiger partial charge in [-0.25, -0.2) is 0 Å². The van der Waals surface area contributed by atoms with Gasteiger partial charge in [0.15, 0.2) is 0 Å². The zero-order chi connectivity index (χ0) is 18.7. The summed E-state index contributed by atoms with van der Waals surface area (Å²) in [5, 5.41) is 5.17. The second-order valence-corrected chi connectivity index (χ2v) is 9.03. The molecule has 3 nitrogen and oxygen atoms in total. The Morgan fingerprint density at radius 3 is 2.44 bits per heavy atom. The highest BCUT2D eigenvalue weighted by Gasteiger charge is 2.43. The number of carbonyl (C=O) groups excluding carboxylic acids is 2. The van der Waals surface area contributed by atoms with Gasteiger partial charge in [0.1, 0.15) is 0 Å². The van der Waals surface area contributed by atoms with Gasteiger partial charge < -0.3 is 5.32 Å². The molecule has 0 unspecified atom stereocenters. The number of carbonyl (C=O) groups is 2. The van der Waals surface area contributed by atoms with Crippen molar-refractivity contribution in [3.63, 3.8) is 0 Å². The molecule has 0 saturated heterocycles. The summed E-state index contributed by atoms with van der Waals surface area (Å²) in [7, 11) is 0. The normalized spacial score (nSPS) is 15.6. The van der Waals surface area contributed by atoms with Crippen molar-refractivity contribution in [2.75, 3.05) is 0 Å². The van der Waals surface area contributed by atoms with Crippen LogP contribution >= 0.6 is 22.7 Å². The highest BCUT2D eigenvalue weighted by atomic mass is 32.1. The second-order valence-electron chi connectivity index (χ2n) is 6.91. The van der Waals surface area contributed by atoms with Crippen LogP contribution in [0, 0.1) is 0 Å². The molecule has 3 aromatic rings. The van der Waals surface area contributed by atoms with E-state index in [1.165, 1.54) is 16.2 Å². The van der Waals surface area contributed by atoms with Crippen molar-refractivity contribution >= 4 is 34.4 Å². The molecule has 1 saturated carbocycles. The first-order valence-electron chi connectivity index (χ1n) is 9.20. The van der Waals surface area contributed by atoms with E-state index in [4.69, 9.17) is 0 Å². The molecule has 5 heteroatoms. The topological polar surface area (TPSA) is 46.2 Å². The third kappa shape index (κ3) is 3.62. The summed E-state index contributed by atoms with van der Waals surface area (Å²) in [5.41, 5.74) is 0.325. The number of nitrogens with one attached hydrogen (secondary N) is 1. The van der Waals surface area contributed by atoms with E-state index in [0.717, 1.165) is 30.6 Å². The molecule has 27 heavy (non-hydrogen) atoms. The van der Waals surface area contributed by atoms with E-state index < -0.39 is 0 Å². The number of hydrogen-bond acceptors (Lipinski definition) is 4. The van der Waals surface area contributed by atoms with Crippen LogP contribution in [0.2, 0.25) is 0 Å². The first-order chi connectivity index (χ1) is 13.2.